The van der Waals surface area contributed by atoms with E-state index in [0.29, 0.717) is 17.4 Å². The van der Waals surface area contributed by atoms with Gasteiger partial charge in [-0.2, -0.15) is 5.10 Å². The van der Waals surface area contributed by atoms with Crippen LogP contribution >= 0.6 is 0 Å². The van der Waals surface area contributed by atoms with Gasteiger partial charge in [0.2, 0.25) is 5.91 Å². The van der Waals surface area contributed by atoms with Gasteiger partial charge in [-0.15, -0.1) is 0 Å². The van der Waals surface area contributed by atoms with Gasteiger partial charge < -0.3 is 4.42 Å². The van der Waals surface area contributed by atoms with Gasteiger partial charge in [-0.3, -0.25) is 4.79 Å². The molecule has 108 valence electrons. The lowest BCUT2D eigenvalue weighted by molar-refractivity contribution is -0.122. The number of rotatable bonds is 4. The lowest BCUT2D eigenvalue weighted by Gasteiger charge is -2.01. The fourth-order valence-electron chi connectivity index (χ4n) is 2.46. The average molecular weight is 282 g/mol. The molecule has 4 heteroatoms. The van der Waals surface area contributed by atoms with Crippen LogP contribution in [0.5, 0.6) is 0 Å². The number of hydrogen-bond donors (Lipinski definition) is 1. The van der Waals surface area contributed by atoms with Crippen LogP contribution in [0.3, 0.4) is 0 Å². The number of furan rings is 1. The van der Waals surface area contributed by atoms with E-state index in [-0.39, 0.29) is 11.8 Å². The number of carbonyl (C=O) groups excluding carboxylic acids is 1. The smallest absolute Gasteiger partial charge is 0.243 e. The van der Waals surface area contributed by atoms with Crippen LogP contribution in [0, 0.1) is 12.8 Å². The summed E-state index contributed by atoms with van der Waals surface area (Å²) in [5, 5.41) is 4.12. The summed E-state index contributed by atoms with van der Waals surface area (Å²) in [5.41, 5.74) is 4.54. The van der Waals surface area contributed by atoms with Crippen LogP contribution in [0.2, 0.25) is 0 Å². The third-order valence-electron chi connectivity index (χ3n) is 3.79. The number of benzene rings is 1. The molecule has 1 amide bonds. The second-order valence-corrected chi connectivity index (χ2v) is 5.44. The molecular weight excluding hydrogens is 264 g/mol. The fraction of sp³-hybridized carbons (Fsp3) is 0.294. The molecule has 3 rings (SSSR count). The maximum atomic E-state index is 12.1. The van der Waals surface area contributed by atoms with Crippen molar-refractivity contribution in [1.29, 1.82) is 0 Å². The van der Waals surface area contributed by atoms with Gasteiger partial charge >= 0.3 is 0 Å². The number of hydrazone groups is 1. The minimum Gasteiger partial charge on any atom is -0.460 e. The molecule has 1 saturated carbocycles. The van der Waals surface area contributed by atoms with E-state index in [1.165, 1.54) is 5.56 Å². The average Bonchev–Trinajstić information content (AvgIpc) is 3.20. The van der Waals surface area contributed by atoms with Crippen molar-refractivity contribution >= 4 is 11.6 Å². The van der Waals surface area contributed by atoms with Crippen molar-refractivity contribution in [1.82, 2.24) is 5.43 Å². The minimum atomic E-state index is -0.0218. The quantitative estimate of drug-likeness (QED) is 0.691. The van der Waals surface area contributed by atoms with Crippen LogP contribution in [-0.2, 0) is 4.79 Å². The molecule has 1 aliphatic carbocycles. The summed E-state index contributed by atoms with van der Waals surface area (Å²) in [6.07, 6.45) is 0.893. The molecule has 1 N–H and O–H groups in total. The largest absolute Gasteiger partial charge is 0.460 e. The Bertz CT molecular complexity index is 673. The SMILES string of the molecule is C/C(=N/NC(=O)[C@@H]1C[C@H]1c1ccccc1)c1ccc(C)o1. The van der Waals surface area contributed by atoms with Gasteiger partial charge in [0.05, 0.1) is 0 Å². The monoisotopic (exact) mass is 282 g/mol. The van der Waals surface area contributed by atoms with E-state index in [1.54, 1.807) is 0 Å². The van der Waals surface area contributed by atoms with Gasteiger partial charge in [0.25, 0.3) is 0 Å². The Morgan fingerprint density at radius 3 is 2.67 bits per heavy atom. The molecule has 0 bridgehead atoms. The molecule has 0 saturated heterocycles. The lowest BCUT2D eigenvalue weighted by Crippen LogP contribution is -2.21. The summed E-state index contributed by atoms with van der Waals surface area (Å²) in [5.74, 6) is 1.85. The second-order valence-electron chi connectivity index (χ2n) is 5.44. The van der Waals surface area contributed by atoms with Crippen LogP contribution < -0.4 is 5.43 Å². The summed E-state index contributed by atoms with van der Waals surface area (Å²) in [6.45, 7) is 3.70. The first-order valence-corrected chi connectivity index (χ1v) is 7.11. The van der Waals surface area contributed by atoms with Crippen LogP contribution in [0.4, 0.5) is 0 Å². The highest BCUT2D eigenvalue weighted by atomic mass is 16.3. The van der Waals surface area contributed by atoms with Crippen LogP contribution in [0.1, 0.15) is 36.3 Å². The van der Waals surface area contributed by atoms with E-state index in [4.69, 9.17) is 4.42 Å². The molecule has 1 aromatic carbocycles. The Morgan fingerprint density at radius 2 is 2.00 bits per heavy atom. The molecule has 1 aromatic heterocycles. The fourth-order valence-corrected chi connectivity index (χ4v) is 2.46. The molecule has 1 aliphatic rings. The van der Waals surface area contributed by atoms with E-state index in [0.717, 1.165) is 12.2 Å². The first-order chi connectivity index (χ1) is 10.1. The van der Waals surface area contributed by atoms with Gasteiger partial charge in [-0.25, -0.2) is 5.43 Å². The van der Waals surface area contributed by atoms with Crippen molar-refractivity contribution < 1.29 is 9.21 Å². The maximum Gasteiger partial charge on any atom is 0.243 e. The molecule has 4 nitrogen and oxygen atoms in total. The standard InChI is InChI=1S/C17H18N2O2/c1-11-8-9-16(21-11)12(2)18-19-17(20)15-10-14(15)13-6-4-3-5-7-13/h3-9,14-15H,10H2,1-2H3,(H,19,20)/b18-12-/t14-,15+/m0/s1. The van der Waals surface area contributed by atoms with Crippen molar-refractivity contribution in [3.8, 4) is 0 Å². The predicted octanol–water partition coefficient (Wildman–Crippen LogP) is 3.23. The normalized spacial score (nSPS) is 21.1. The maximum absolute atomic E-state index is 12.1. The van der Waals surface area contributed by atoms with Crippen LogP contribution in [0.15, 0.2) is 52.0 Å². The molecule has 0 spiro atoms. The predicted molar refractivity (Wildman–Crippen MR) is 81.1 cm³/mol. The number of aryl methyl sites for hydroxylation is 1. The highest BCUT2D eigenvalue weighted by Gasteiger charge is 2.43. The molecule has 0 aliphatic heterocycles. The Labute approximate surface area is 123 Å². The lowest BCUT2D eigenvalue weighted by atomic mass is 10.1. The topological polar surface area (TPSA) is 54.6 Å². The van der Waals surface area contributed by atoms with Crippen molar-refractivity contribution in [2.24, 2.45) is 11.0 Å². The number of amides is 1. The van der Waals surface area contributed by atoms with Crippen LogP contribution in [0.25, 0.3) is 0 Å². The molecule has 2 aromatic rings. The second kappa shape index (κ2) is 5.56. The highest BCUT2D eigenvalue weighted by Crippen LogP contribution is 2.47. The first-order valence-electron chi connectivity index (χ1n) is 7.11. The van der Waals surface area contributed by atoms with Gasteiger partial charge in [-0.05, 0) is 43.9 Å². The number of nitrogens with one attached hydrogen (secondary N) is 1. The van der Waals surface area contributed by atoms with Gasteiger partial charge in [0.1, 0.15) is 17.2 Å². The molecule has 0 unspecified atom stereocenters. The molecule has 1 fully saturated rings. The Kier molecular flexibility index (Phi) is 3.60. The van der Waals surface area contributed by atoms with E-state index in [9.17, 15) is 4.79 Å². The summed E-state index contributed by atoms with van der Waals surface area (Å²) in [7, 11) is 0. The van der Waals surface area contributed by atoms with Crippen molar-refractivity contribution in [3.05, 3.63) is 59.5 Å². The van der Waals surface area contributed by atoms with Gasteiger partial charge in [0.15, 0.2) is 0 Å². The Morgan fingerprint density at radius 1 is 1.24 bits per heavy atom. The number of hydrogen-bond acceptors (Lipinski definition) is 3. The van der Waals surface area contributed by atoms with Gasteiger partial charge in [0, 0.05) is 5.92 Å². The first kappa shape index (κ1) is 13.6. The zero-order chi connectivity index (χ0) is 14.8. The van der Waals surface area contributed by atoms with Crippen molar-refractivity contribution in [2.45, 2.75) is 26.2 Å². The van der Waals surface area contributed by atoms with E-state index in [2.05, 4.69) is 22.7 Å². The summed E-state index contributed by atoms with van der Waals surface area (Å²) in [6, 6.07) is 13.9. The molecule has 21 heavy (non-hydrogen) atoms. The third kappa shape index (κ3) is 3.05. The zero-order valence-electron chi connectivity index (χ0n) is 12.2. The van der Waals surface area contributed by atoms with Crippen molar-refractivity contribution in [3.63, 3.8) is 0 Å². The zero-order valence-corrected chi connectivity index (χ0v) is 12.2. The van der Waals surface area contributed by atoms with E-state index < -0.39 is 0 Å². The van der Waals surface area contributed by atoms with E-state index >= 15 is 0 Å². The highest BCUT2D eigenvalue weighted by molar-refractivity contribution is 5.97. The molecule has 2 atom stereocenters. The molecule has 1 heterocycles. The number of carbonyl (C=O) groups is 1. The van der Waals surface area contributed by atoms with Gasteiger partial charge in [-0.1, -0.05) is 30.3 Å². The van der Waals surface area contributed by atoms with Crippen LogP contribution in [-0.4, -0.2) is 11.6 Å². The van der Waals surface area contributed by atoms with E-state index in [1.807, 2.05) is 44.2 Å². The summed E-state index contributed by atoms with van der Waals surface area (Å²) >= 11 is 0. The third-order valence-corrected chi connectivity index (χ3v) is 3.79. The van der Waals surface area contributed by atoms with Crippen molar-refractivity contribution in [2.75, 3.05) is 0 Å². The molecule has 0 radical (unpaired) electrons. The summed E-state index contributed by atoms with van der Waals surface area (Å²) in [4.78, 5) is 12.1. The number of nitrogens with zero attached hydrogens (tertiary/aromatic N) is 1. The Hall–Kier alpha value is -2.36. The summed E-state index contributed by atoms with van der Waals surface area (Å²) < 4.78 is 5.46. The minimum absolute atomic E-state index is 0.0218. The Balaban J connectivity index is 1.58. The molecular formula is C17H18N2O2.